The largest absolute Gasteiger partial charge is 0.353 e. The first kappa shape index (κ1) is 13.9. The number of benzene rings is 2. The van der Waals surface area contributed by atoms with Gasteiger partial charge in [0.15, 0.2) is 0 Å². The smallest absolute Gasteiger partial charge is 0.127 e. The highest BCUT2D eigenvalue weighted by atomic mass is 15.0. The number of anilines is 1. The van der Waals surface area contributed by atoms with Crippen molar-refractivity contribution in [1.29, 1.82) is 0 Å². The van der Waals surface area contributed by atoms with Gasteiger partial charge in [-0.2, -0.15) is 0 Å². The minimum absolute atomic E-state index is 0.101. The monoisotopic (exact) mass is 284 g/mol. The zero-order chi connectivity index (χ0) is 15.0. The van der Waals surface area contributed by atoms with Crippen molar-refractivity contribution in [2.75, 3.05) is 5.32 Å². The van der Waals surface area contributed by atoms with E-state index in [0.717, 1.165) is 16.9 Å². The summed E-state index contributed by atoms with van der Waals surface area (Å²) in [4.78, 5) is 4.32. The maximum Gasteiger partial charge on any atom is 0.127 e. The molecule has 106 valence electrons. The number of rotatable bonds is 3. The molecular weight excluding hydrogens is 268 g/mol. The van der Waals surface area contributed by atoms with Crippen LogP contribution in [0.5, 0.6) is 0 Å². The van der Waals surface area contributed by atoms with Crippen LogP contribution in [0, 0.1) is 11.8 Å². The number of nitrogens with one attached hydrogen (secondary N) is 1. The second kappa shape index (κ2) is 7.10. The summed E-state index contributed by atoms with van der Waals surface area (Å²) >= 11 is 0. The molecule has 22 heavy (non-hydrogen) atoms. The highest BCUT2D eigenvalue weighted by Gasteiger charge is 2.08. The van der Waals surface area contributed by atoms with Crippen LogP contribution in [0.1, 0.15) is 17.2 Å². The summed E-state index contributed by atoms with van der Waals surface area (Å²) in [6.07, 6.45) is 1.77. The van der Waals surface area contributed by atoms with E-state index < -0.39 is 0 Å². The molecule has 2 nitrogen and oxygen atoms in total. The van der Waals surface area contributed by atoms with E-state index in [1.807, 2.05) is 66.7 Å². The van der Waals surface area contributed by atoms with Crippen molar-refractivity contribution in [3.8, 4) is 11.8 Å². The summed E-state index contributed by atoms with van der Waals surface area (Å²) in [5.74, 6) is 7.34. The molecule has 2 heteroatoms. The Morgan fingerprint density at radius 3 is 2.14 bits per heavy atom. The lowest BCUT2D eigenvalue weighted by molar-refractivity contribution is 1.00. The first-order chi connectivity index (χ1) is 10.9. The molecule has 1 unspecified atom stereocenters. The topological polar surface area (TPSA) is 24.9 Å². The van der Waals surface area contributed by atoms with Crippen LogP contribution in [0.4, 0.5) is 5.82 Å². The maximum absolute atomic E-state index is 4.32. The Labute approximate surface area is 130 Å². The lowest BCUT2D eigenvalue weighted by Gasteiger charge is -2.14. The van der Waals surface area contributed by atoms with Gasteiger partial charge in [0.25, 0.3) is 0 Å². The van der Waals surface area contributed by atoms with Crippen molar-refractivity contribution in [1.82, 2.24) is 4.98 Å². The van der Waals surface area contributed by atoms with Crippen molar-refractivity contribution in [2.24, 2.45) is 0 Å². The standard InChI is InChI=1S/C20H16N2/c1-3-9-17(10-4-1)14-15-19(18-11-5-2-6-12-18)22-20-13-7-8-16-21-20/h1-13,16,19H,(H,21,22). The predicted molar refractivity (Wildman–Crippen MR) is 90.4 cm³/mol. The van der Waals surface area contributed by atoms with Gasteiger partial charge in [0.2, 0.25) is 0 Å². The number of aromatic nitrogens is 1. The molecule has 1 aromatic heterocycles. The Hall–Kier alpha value is -3.05. The van der Waals surface area contributed by atoms with Crippen LogP contribution in [0.15, 0.2) is 85.1 Å². The molecular formula is C20H16N2. The molecule has 0 saturated carbocycles. The fraction of sp³-hybridized carbons (Fsp3) is 0.0500. The third kappa shape index (κ3) is 3.74. The number of hydrogen-bond acceptors (Lipinski definition) is 2. The van der Waals surface area contributed by atoms with E-state index >= 15 is 0 Å². The Bertz CT molecular complexity index is 756. The molecule has 0 aliphatic rings. The first-order valence-corrected chi connectivity index (χ1v) is 7.21. The van der Waals surface area contributed by atoms with Gasteiger partial charge in [0.1, 0.15) is 11.9 Å². The fourth-order valence-corrected chi connectivity index (χ4v) is 2.12. The summed E-state index contributed by atoms with van der Waals surface area (Å²) < 4.78 is 0. The quantitative estimate of drug-likeness (QED) is 0.726. The summed E-state index contributed by atoms with van der Waals surface area (Å²) in [6, 6.07) is 25.9. The number of nitrogens with zero attached hydrogens (tertiary/aromatic N) is 1. The third-order valence-corrected chi connectivity index (χ3v) is 3.22. The molecule has 0 spiro atoms. The SMILES string of the molecule is C(#CC(Nc1ccccn1)c1ccccc1)c1ccccc1. The van der Waals surface area contributed by atoms with E-state index in [9.17, 15) is 0 Å². The van der Waals surface area contributed by atoms with Crippen LogP contribution in [-0.4, -0.2) is 4.98 Å². The van der Waals surface area contributed by atoms with Crippen LogP contribution in [0.2, 0.25) is 0 Å². The molecule has 3 aromatic rings. The van der Waals surface area contributed by atoms with Crippen molar-refractivity contribution in [2.45, 2.75) is 6.04 Å². The van der Waals surface area contributed by atoms with Crippen LogP contribution in [0.25, 0.3) is 0 Å². The van der Waals surface area contributed by atoms with Gasteiger partial charge in [-0.05, 0) is 29.8 Å². The molecule has 1 atom stereocenters. The molecule has 1 heterocycles. The van der Waals surface area contributed by atoms with Crippen LogP contribution >= 0.6 is 0 Å². The normalized spacial score (nSPS) is 11.1. The minimum Gasteiger partial charge on any atom is -0.353 e. The van der Waals surface area contributed by atoms with Crippen LogP contribution < -0.4 is 5.32 Å². The van der Waals surface area contributed by atoms with E-state index in [4.69, 9.17) is 0 Å². The van der Waals surface area contributed by atoms with E-state index in [1.165, 1.54) is 0 Å². The molecule has 0 aliphatic carbocycles. The Balaban J connectivity index is 1.89. The average molecular weight is 284 g/mol. The van der Waals surface area contributed by atoms with E-state index in [-0.39, 0.29) is 6.04 Å². The number of pyridine rings is 1. The molecule has 0 radical (unpaired) electrons. The summed E-state index contributed by atoms with van der Waals surface area (Å²) in [5.41, 5.74) is 2.13. The van der Waals surface area contributed by atoms with E-state index in [0.29, 0.717) is 0 Å². The molecule has 1 N–H and O–H groups in total. The molecule has 0 amide bonds. The predicted octanol–water partition coefficient (Wildman–Crippen LogP) is 4.29. The lowest BCUT2D eigenvalue weighted by atomic mass is 10.1. The zero-order valence-corrected chi connectivity index (χ0v) is 12.1. The Morgan fingerprint density at radius 2 is 1.45 bits per heavy atom. The summed E-state index contributed by atoms with van der Waals surface area (Å²) in [5, 5.41) is 3.38. The molecule has 0 bridgehead atoms. The van der Waals surface area contributed by atoms with Gasteiger partial charge in [0.05, 0.1) is 0 Å². The fourth-order valence-electron chi connectivity index (χ4n) is 2.12. The minimum atomic E-state index is -0.101. The van der Waals surface area contributed by atoms with Crippen LogP contribution in [0.3, 0.4) is 0 Å². The van der Waals surface area contributed by atoms with Crippen molar-refractivity contribution < 1.29 is 0 Å². The second-order valence-electron chi connectivity index (χ2n) is 4.84. The lowest BCUT2D eigenvalue weighted by Crippen LogP contribution is -2.09. The highest BCUT2D eigenvalue weighted by Crippen LogP contribution is 2.17. The van der Waals surface area contributed by atoms with E-state index in [2.05, 4.69) is 34.3 Å². The van der Waals surface area contributed by atoms with Gasteiger partial charge in [-0.15, -0.1) is 0 Å². The first-order valence-electron chi connectivity index (χ1n) is 7.21. The molecule has 2 aromatic carbocycles. The van der Waals surface area contributed by atoms with Gasteiger partial charge < -0.3 is 5.32 Å². The van der Waals surface area contributed by atoms with Crippen molar-refractivity contribution >= 4 is 5.82 Å². The van der Waals surface area contributed by atoms with Crippen molar-refractivity contribution in [3.05, 3.63) is 96.2 Å². The second-order valence-corrected chi connectivity index (χ2v) is 4.84. The van der Waals surface area contributed by atoms with Gasteiger partial charge in [0, 0.05) is 11.8 Å². The van der Waals surface area contributed by atoms with Gasteiger partial charge in [-0.1, -0.05) is 66.4 Å². The highest BCUT2D eigenvalue weighted by molar-refractivity contribution is 5.45. The van der Waals surface area contributed by atoms with Crippen molar-refractivity contribution in [3.63, 3.8) is 0 Å². The molecule has 0 fully saturated rings. The summed E-state index contributed by atoms with van der Waals surface area (Å²) in [6.45, 7) is 0. The molecule has 0 saturated heterocycles. The molecule has 3 rings (SSSR count). The maximum atomic E-state index is 4.32. The third-order valence-electron chi connectivity index (χ3n) is 3.22. The zero-order valence-electron chi connectivity index (χ0n) is 12.1. The average Bonchev–Trinajstić information content (AvgIpc) is 2.61. The van der Waals surface area contributed by atoms with Gasteiger partial charge in [-0.3, -0.25) is 0 Å². The summed E-state index contributed by atoms with van der Waals surface area (Å²) in [7, 11) is 0. The van der Waals surface area contributed by atoms with E-state index in [1.54, 1.807) is 6.20 Å². The Kier molecular flexibility index (Phi) is 4.49. The van der Waals surface area contributed by atoms with Gasteiger partial charge >= 0.3 is 0 Å². The molecule has 0 aliphatic heterocycles. The van der Waals surface area contributed by atoms with Crippen LogP contribution in [-0.2, 0) is 0 Å². The Morgan fingerprint density at radius 1 is 0.773 bits per heavy atom. The number of hydrogen-bond donors (Lipinski definition) is 1. The van der Waals surface area contributed by atoms with Gasteiger partial charge in [-0.25, -0.2) is 4.98 Å².